The summed E-state index contributed by atoms with van der Waals surface area (Å²) in [5.74, 6) is -0.273. The SMILES string of the molecule is C[C@@H]1CC(=O)Nc2ccccc2N1C(=O)COc1cccc([N+](=O)[O-])c1. The van der Waals surface area contributed by atoms with Gasteiger partial charge in [0.15, 0.2) is 6.61 Å². The van der Waals surface area contributed by atoms with Crippen molar-refractivity contribution in [2.24, 2.45) is 0 Å². The molecule has 8 heteroatoms. The van der Waals surface area contributed by atoms with Crippen molar-refractivity contribution in [3.63, 3.8) is 0 Å². The van der Waals surface area contributed by atoms with Crippen LogP contribution in [0.2, 0.25) is 0 Å². The molecule has 0 unspecified atom stereocenters. The van der Waals surface area contributed by atoms with Gasteiger partial charge in [-0.1, -0.05) is 18.2 Å². The molecule has 0 bridgehead atoms. The Labute approximate surface area is 149 Å². The number of non-ortho nitro benzene ring substituents is 1. The van der Waals surface area contributed by atoms with Crippen molar-refractivity contribution in [1.82, 2.24) is 0 Å². The van der Waals surface area contributed by atoms with Crippen LogP contribution in [0.4, 0.5) is 17.1 Å². The van der Waals surface area contributed by atoms with E-state index >= 15 is 0 Å². The van der Waals surface area contributed by atoms with Gasteiger partial charge in [0.1, 0.15) is 5.75 Å². The molecule has 0 radical (unpaired) electrons. The predicted molar refractivity (Wildman–Crippen MR) is 95.2 cm³/mol. The van der Waals surface area contributed by atoms with Crippen molar-refractivity contribution < 1.29 is 19.2 Å². The molecule has 3 rings (SSSR count). The molecule has 2 aromatic carbocycles. The first-order valence-electron chi connectivity index (χ1n) is 8.04. The topological polar surface area (TPSA) is 102 Å². The summed E-state index contributed by atoms with van der Waals surface area (Å²) in [4.78, 5) is 36.5. The van der Waals surface area contributed by atoms with Crippen LogP contribution in [-0.2, 0) is 9.59 Å². The highest BCUT2D eigenvalue weighted by molar-refractivity contribution is 6.04. The number of nitrogens with one attached hydrogen (secondary N) is 1. The second kappa shape index (κ2) is 7.22. The zero-order chi connectivity index (χ0) is 18.7. The van der Waals surface area contributed by atoms with Crippen molar-refractivity contribution in [2.45, 2.75) is 19.4 Å². The highest BCUT2D eigenvalue weighted by Crippen LogP contribution is 2.31. The van der Waals surface area contributed by atoms with Gasteiger partial charge in [0.05, 0.1) is 22.4 Å². The molecule has 1 atom stereocenters. The number of nitrogens with zero attached hydrogens (tertiary/aromatic N) is 2. The Kier molecular flexibility index (Phi) is 4.83. The Morgan fingerprint density at radius 3 is 2.85 bits per heavy atom. The average Bonchev–Trinajstić information content (AvgIpc) is 2.74. The second-order valence-electron chi connectivity index (χ2n) is 5.93. The monoisotopic (exact) mass is 355 g/mol. The van der Waals surface area contributed by atoms with E-state index in [0.717, 1.165) is 0 Å². The molecule has 1 aliphatic rings. The molecule has 1 heterocycles. The molecule has 134 valence electrons. The van der Waals surface area contributed by atoms with Gasteiger partial charge in [0.2, 0.25) is 5.91 Å². The standard InChI is InChI=1S/C18H17N3O5/c1-12-9-17(22)19-15-7-2-3-8-16(15)20(12)18(23)11-26-14-6-4-5-13(10-14)21(24)25/h2-8,10,12H,9,11H2,1H3,(H,19,22)/t12-/m1/s1. The molecule has 0 saturated heterocycles. The van der Waals surface area contributed by atoms with Crippen molar-refractivity contribution in [3.8, 4) is 5.75 Å². The Hall–Kier alpha value is -3.42. The lowest BCUT2D eigenvalue weighted by Crippen LogP contribution is -2.41. The first kappa shape index (κ1) is 17.4. The van der Waals surface area contributed by atoms with Gasteiger partial charge in [0.25, 0.3) is 11.6 Å². The van der Waals surface area contributed by atoms with E-state index in [1.807, 2.05) is 0 Å². The molecule has 2 aromatic rings. The van der Waals surface area contributed by atoms with Crippen LogP contribution in [0.3, 0.4) is 0 Å². The summed E-state index contributed by atoms with van der Waals surface area (Å²) in [6.07, 6.45) is 0.164. The number of para-hydroxylation sites is 2. The van der Waals surface area contributed by atoms with Gasteiger partial charge in [-0.3, -0.25) is 19.7 Å². The van der Waals surface area contributed by atoms with E-state index in [9.17, 15) is 19.7 Å². The van der Waals surface area contributed by atoms with E-state index < -0.39 is 4.92 Å². The van der Waals surface area contributed by atoms with Crippen LogP contribution in [0.1, 0.15) is 13.3 Å². The average molecular weight is 355 g/mol. The van der Waals surface area contributed by atoms with E-state index in [1.54, 1.807) is 37.3 Å². The number of carbonyl (C=O) groups excluding carboxylic acids is 2. The number of fused-ring (bicyclic) bond motifs is 1. The molecule has 2 amide bonds. The Morgan fingerprint density at radius 2 is 2.08 bits per heavy atom. The highest BCUT2D eigenvalue weighted by Gasteiger charge is 2.29. The fourth-order valence-corrected chi connectivity index (χ4v) is 2.87. The van der Waals surface area contributed by atoms with Crippen LogP contribution >= 0.6 is 0 Å². The van der Waals surface area contributed by atoms with Crippen LogP contribution in [0.5, 0.6) is 5.75 Å². The third kappa shape index (κ3) is 3.64. The quantitative estimate of drug-likeness (QED) is 0.671. The Morgan fingerprint density at radius 1 is 1.31 bits per heavy atom. The summed E-state index contributed by atoms with van der Waals surface area (Å²) in [5, 5.41) is 13.6. The second-order valence-corrected chi connectivity index (χ2v) is 5.93. The maximum absolute atomic E-state index is 12.8. The van der Waals surface area contributed by atoms with Gasteiger partial charge < -0.3 is 15.0 Å². The molecule has 0 spiro atoms. The number of anilines is 2. The number of nitro benzene ring substituents is 1. The number of carbonyl (C=O) groups is 2. The number of rotatable bonds is 4. The molecular formula is C18H17N3O5. The van der Waals surface area contributed by atoms with Crippen molar-refractivity contribution in [3.05, 3.63) is 58.6 Å². The van der Waals surface area contributed by atoms with E-state index in [-0.39, 0.29) is 42.3 Å². The summed E-state index contributed by atoms with van der Waals surface area (Å²) >= 11 is 0. The smallest absolute Gasteiger partial charge is 0.273 e. The van der Waals surface area contributed by atoms with Crippen LogP contribution in [-0.4, -0.2) is 29.4 Å². The normalized spacial score (nSPS) is 16.3. The fraction of sp³-hybridized carbons (Fsp3) is 0.222. The third-order valence-corrected chi connectivity index (χ3v) is 4.02. The molecular weight excluding hydrogens is 338 g/mol. The maximum Gasteiger partial charge on any atom is 0.273 e. The summed E-state index contributed by atoms with van der Waals surface area (Å²) in [6, 6.07) is 12.3. The summed E-state index contributed by atoms with van der Waals surface area (Å²) in [5.41, 5.74) is 1.04. The number of nitro groups is 1. The van der Waals surface area contributed by atoms with Crippen molar-refractivity contribution in [2.75, 3.05) is 16.8 Å². The summed E-state index contributed by atoms with van der Waals surface area (Å²) in [6.45, 7) is 1.49. The Bertz CT molecular complexity index is 867. The minimum atomic E-state index is -0.529. The van der Waals surface area contributed by atoms with E-state index in [2.05, 4.69) is 5.32 Å². The van der Waals surface area contributed by atoms with Gasteiger partial charge in [0, 0.05) is 18.5 Å². The van der Waals surface area contributed by atoms with E-state index in [1.165, 1.54) is 23.1 Å². The first-order chi connectivity index (χ1) is 12.5. The highest BCUT2D eigenvalue weighted by atomic mass is 16.6. The number of benzene rings is 2. The zero-order valence-electron chi connectivity index (χ0n) is 14.0. The number of amides is 2. The molecule has 1 N–H and O–H groups in total. The number of ether oxygens (including phenoxy) is 1. The largest absolute Gasteiger partial charge is 0.483 e. The zero-order valence-corrected chi connectivity index (χ0v) is 14.0. The van der Waals surface area contributed by atoms with Crippen molar-refractivity contribution in [1.29, 1.82) is 0 Å². The molecule has 8 nitrogen and oxygen atoms in total. The number of hydrogen-bond donors (Lipinski definition) is 1. The first-order valence-corrected chi connectivity index (χ1v) is 8.04. The predicted octanol–water partition coefficient (Wildman–Crippen LogP) is 2.74. The van der Waals surface area contributed by atoms with Gasteiger partial charge in [-0.05, 0) is 25.1 Å². The van der Waals surface area contributed by atoms with E-state index in [4.69, 9.17) is 4.74 Å². The lowest BCUT2D eigenvalue weighted by Gasteiger charge is -2.27. The van der Waals surface area contributed by atoms with E-state index in [0.29, 0.717) is 11.4 Å². The van der Waals surface area contributed by atoms with Crippen molar-refractivity contribution >= 4 is 28.9 Å². The third-order valence-electron chi connectivity index (χ3n) is 4.02. The maximum atomic E-state index is 12.8. The minimum absolute atomic E-state index is 0.113. The molecule has 0 fully saturated rings. The number of hydrogen-bond acceptors (Lipinski definition) is 5. The van der Waals surface area contributed by atoms with Gasteiger partial charge in [-0.15, -0.1) is 0 Å². The molecule has 26 heavy (non-hydrogen) atoms. The molecule has 1 aliphatic heterocycles. The summed E-state index contributed by atoms with van der Waals surface area (Å²) < 4.78 is 5.44. The fourth-order valence-electron chi connectivity index (χ4n) is 2.87. The Balaban J connectivity index is 1.79. The lowest BCUT2D eigenvalue weighted by atomic mass is 10.1. The molecule has 0 saturated carbocycles. The molecule has 0 aromatic heterocycles. The lowest BCUT2D eigenvalue weighted by molar-refractivity contribution is -0.384. The van der Waals surface area contributed by atoms with Gasteiger partial charge in [-0.25, -0.2) is 0 Å². The summed E-state index contributed by atoms with van der Waals surface area (Å²) in [7, 11) is 0. The van der Waals surface area contributed by atoms with Crippen LogP contribution in [0, 0.1) is 10.1 Å². The van der Waals surface area contributed by atoms with Crippen LogP contribution in [0.25, 0.3) is 0 Å². The molecule has 0 aliphatic carbocycles. The van der Waals surface area contributed by atoms with Gasteiger partial charge >= 0.3 is 0 Å². The minimum Gasteiger partial charge on any atom is -0.483 e. The van der Waals surface area contributed by atoms with Gasteiger partial charge in [-0.2, -0.15) is 0 Å². The van der Waals surface area contributed by atoms with Crippen LogP contribution < -0.4 is 15.0 Å². The van der Waals surface area contributed by atoms with Crippen LogP contribution in [0.15, 0.2) is 48.5 Å².